The van der Waals surface area contributed by atoms with E-state index in [2.05, 4.69) is 27.1 Å². The quantitative estimate of drug-likeness (QED) is 0.281. The van der Waals surface area contributed by atoms with E-state index in [9.17, 15) is 9.59 Å². The summed E-state index contributed by atoms with van der Waals surface area (Å²) in [5.74, 6) is 0.333. The van der Waals surface area contributed by atoms with Gasteiger partial charge in [0.25, 0.3) is 0 Å². The van der Waals surface area contributed by atoms with Crippen LogP contribution in [0.25, 0.3) is 11.4 Å². The molecule has 162 valence electrons. The summed E-state index contributed by atoms with van der Waals surface area (Å²) in [4.78, 5) is 28.2. The normalized spacial score (nSPS) is 10.6. The monoisotopic (exact) mass is 457 g/mol. The van der Waals surface area contributed by atoms with Crippen LogP contribution in [-0.4, -0.2) is 44.0 Å². The Morgan fingerprint density at radius 1 is 1.32 bits per heavy atom. The zero-order valence-electron chi connectivity index (χ0n) is 17.3. The van der Waals surface area contributed by atoms with Crippen LogP contribution in [0, 0.1) is 6.92 Å². The molecule has 0 spiro atoms. The van der Waals surface area contributed by atoms with Crippen molar-refractivity contribution in [1.82, 2.24) is 19.7 Å². The van der Waals surface area contributed by atoms with Crippen LogP contribution >= 0.6 is 23.1 Å². The number of rotatable bonds is 10. The Bertz CT molecular complexity index is 1080. The first-order valence-electron chi connectivity index (χ1n) is 9.64. The van der Waals surface area contributed by atoms with Gasteiger partial charge < -0.3 is 10.1 Å². The van der Waals surface area contributed by atoms with Crippen molar-refractivity contribution < 1.29 is 14.3 Å². The molecule has 3 rings (SSSR count). The van der Waals surface area contributed by atoms with Crippen LogP contribution in [0.4, 0.5) is 5.13 Å². The molecule has 0 aliphatic carbocycles. The molecule has 10 heteroatoms. The number of nitrogens with zero attached hydrogens (tertiary/aromatic N) is 4. The lowest BCUT2D eigenvalue weighted by molar-refractivity contribution is -0.142. The molecule has 0 radical (unpaired) electrons. The van der Waals surface area contributed by atoms with E-state index in [0.29, 0.717) is 29.1 Å². The minimum atomic E-state index is -0.341. The van der Waals surface area contributed by atoms with Gasteiger partial charge in [0.1, 0.15) is 0 Å². The maximum Gasteiger partial charge on any atom is 0.311 e. The number of allylic oxidation sites excluding steroid dienone is 1. The first-order valence-corrected chi connectivity index (χ1v) is 11.5. The van der Waals surface area contributed by atoms with Crippen LogP contribution in [-0.2, 0) is 27.3 Å². The second-order valence-corrected chi connectivity index (χ2v) is 8.28. The van der Waals surface area contributed by atoms with Crippen molar-refractivity contribution in [3.05, 3.63) is 53.6 Å². The standard InChI is InChI=1S/C21H23N5O3S2/c1-4-10-26-19(16-9-7-6-8-14(16)3)24-25-21(26)31-13-17(27)23-20-22-15(12-30-20)11-18(28)29-5-2/h4,6-9,12H,1,5,10-11,13H2,2-3H3,(H,22,23,27). The third kappa shape index (κ3) is 6.02. The van der Waals surface area contributed by atoms with E-state index >= 15 is 0 Å². The number of ether oxygens (including phenoxy) is 1. The summed E-state index contributed by atoms with van der Waals surface area (Å²) in [5, 5.41) is 14.2. The van der Waals surface area contributed by atoms with E-state index in [1.807, 2.05) is 35.8 Å². The topological polar surface area (TPSA) is 99.0 Å². The van der Waals surface area contributed by atoms with Crippen molar-refractivity contribution >= 4 is 40.1 Å². The van der Waals surface area contributed by atoms with Gasteiger partial charge in [0, 0.05) is 17.5 Å². The molecular formula is C21H23N5O3S2. The number of benzene rings is 1. The molecule has 31 heavy (non-hydrogen) atoms. The molecule has 0 saturated heterocycles. The van der Waals surface area contributed by atoms with Gasteiger partial charge in [0.05, 0.1) is 24.5 Å². The van der Waals surface area contributed by atoms with Crippen LogP contribution in [0.5, 0.6) is 0 Å². The van der Waals surface area contributed by atoms with E-state index in [4.69, 9.17) is 4.74 Å². The second kappa shape index (κ2) is 10.9. The van der Waals surface area contributed by atoms with Crippen molar-refractivity contribution in [2.45, 2.75) is 32.0 Å². The van der Waals surface area contributed by atoms with Crippen LogP contribution in [0.1, 0.15) is 18.2 Å². The number of carbonyl (C=O) groups excluding carboxylic acids is 2. The molecule has 1 aromatic carbocycles. The van der Waals surface area contributed by atoms with Gasteiger partial charge in [0.2, 0.25) is 5.91 Å². The molecule has 0 saturated carbocycles. The average molecular weight is 458 g/mol. The van der Waals surface area contributed by atoms with Gasteiger partial charge in [-0.25, -0.2) is 4.98 Å². The highest BCUT2D eigenvalue weighted by molar-refractivity contribution is 7.99. The number of anilines is 1. The van der Waals surface area contributed by atoms with Crippen LogP contribution < -0.4 is 5.32 Å². The van der Waals surface area contributed by atoms with Crippen molar-refractivity contribution in [2.75, 3.05) is 17.7 Å². The summed E-state index contributed by atoms with van der Waals surface area (Å²) in [6.07, 6.45) is 1.86. The Hall–Kier alpha value is -2.98. The first-order chi connectivity index (χ1) is 15.0. The molecule has 0 unspecified atom stereocenters. The molecule has 0 bridgehead atoms. The largest absolute Gasteiger partial charge is 0.466 e. The number of amides is 1. The number of hydrogen-bond donors (Lipinski definition) is 1. The smallest absolute Gasteiger partial charge is 0.311 e. The molecule has 1 amide bonds. The summed E-state index contributed by atoms with van der Waals surface area (Å²) in [6.45, 7) is 8.44. The Kier molecular flexibility index (Phi) is 7.96. The zero-order chi connectivity index (χ0) is 22.2. The molecule has 0 aliphatic rings. The molecule has 0 aliphatic heterocycles. The summed E-state index contributed by atoms with van der Waals surface area (Å²) in [7, 11) is 0. The number of nitrogens with one attached hydrogen (secondary N) is 1. The van der Waals surface area contributed by atoms with Crippen molar-refractivity contribution in [3.63, 3.8) is 0 Å². The lowest BCUT2D eigenvalue weighted by atomic mass is 10.1. The number of thiazole rings is 1. The fourth-order valence-electron chi connectivity index (χ4n) is 2.80. The molecule has 8 nitrogen and oxygen atoms in total. The van der Waals surface area contributed by atoms with Gasteiger partial charge in [-0.1, -0.05) is 42.1 Å². The maximum absolute atomic E-state index is 12.4. The Balaban J connectivity index is 1.63. The summed E-state index contributed by atoms with van der Waals surface area (Å²) >= 11 is 2.56. The Labute approximate surface area is 188 Å². The highest BCUT2D eigenvalue weighted by Gasteiger charge is 2.17. The highest BCUT2D eigenvalue weighted by Crippen LogP contribution is 2.26. The van der Waals surface area contributed by atoms with Gasteiger partial charge >= 0.3 is 5.97 Å². The summed E-state index contributed by atoms with van der Waals surface area (Å²) in [5.41, 5.74) is 2.65. The predicted molar refractivity (Wildman–Crippen MR) is 122 cm³/mol. The third-order valence-corrected chi connectivity index (χ3v) is 5.95. The van der Waals surface area contributed by atoms with Crippen molar-refractivity contribution in [2.24, 2.45) is 0 Å². The molecule has 0 fully saturated rings. The minimum absolute atomic E-state index is 0.0846. The summed E-state index contributed by atoms with van der Waals surface area (Å²) in [6, 6.07) is 7.95. The van der Waals surface area contributed by atoms with Crippen molar-refractivity contribution in [1.29, 1.82) is 0 Å². The SMILES string of the molecule is C=CCn1c(SCC(=O)Nc2nc(CC(=O)OCC)cs2)nnc1-c1ccccc1C. The highest BCUT2D eigenvalue weighted by atomic mass is 32.2. The lowest BCUT2D eigenvalue weighted by Crippen LogP contribution is -2.15. The number of aromatic nitrogens is 4. The number of thioether (sulfide) groups is 1. The van der Waals surface area contributed by atoms with Crippen molar-refractivity contribution in [3.8, 4) is 11.4 Å². The molecule has 2 heterocycles. The number of hydrogen-bond acceptors (Lipinski definition) is 8. The number of carbonyl (C=O) groups is 2. The Morgan fingerprint density at radius 3 is 2.87 bits per heavy atom. The molecule has 1 N–H and O–H groups in total. The van der Waals surface area contributed by atoms with Gasteiger partial charge in [0.15, 0.2) is 16.1 Å². The van der Waals surface area contributed by atoms with Gasteiger partial charge in [-0.05, 0) is 19.4 Å². The van der Waals surface area contributed by atoms with E-state index in [0.717, 1.165) is 17.0 Å². The molecule has 2 aromatic heterocycles. The van der Waals surface area contributed by atoms with E-state index in [-0.39, 0.29) is 24.1 Å². The van der Waals surface area contributed by atoms with E-state index in [1.54, 1.807) is 18.4 Å². The summed E-state index contributed by atoms with van der Waals surface area (Å²) < 4.78 is 6.85. The van der Waals surface area contributed by atoms with Crippen LogP contribution in [0.15, 0.2) is 47.5 Å². The zero-order valence-corrected chi connectivity index (χ0v) is 19.0. The van der Waals surface area contributed by atoms with E-state index < -0.39 is 0 Å². The van der Waals surface area contributed by atoms with E-state index in [1.165, 1.54) is 23.1 Å². The number of esters is 1. The Morgan fingerprint density at radius 2 is 2.13 bits per heavy atom. The molecule has 0 atom stereocenters. The van der Waals surface area contributed by atoms with Gasteiger partial charge in [-0.2, -0.15) is 0 Å². The second-order valence-electron chi connectivity index (χ2n) is 6.48. The molecular weight excluding hydrogens is 434 g/mol. The fourth-order valence-corrected chi connectivity index (χ4v) is 4.28. The number of aryl methyl sites for hydroxylation is 1. The fraction of sp³-hybridized carbons (Fsp3) is 0.286. The minimum Gasteiger partial charge on any atom is -0.466 e. The maximum atomic E-state index is 12.4. The van der Waals surface area contributed by atoms with Gasteiger partial charge in [-0.15, -0.1) is 28.1 Å². The van der Waals surface area contributed by atoms with Crippen LogP contribution in [0.2, 0.25) is 0 Å². The third-order valence-electron chi connectivity index (χ3n) is 4.18. The lowest BCUT2D eigenvalue weighted by Gasteiger charge is -2.09. The van der Waals surface area contributed by atoms with Crippen LogP contribution in [0.3, 0.4) is 0 Å². The first kappa shape index (κ1) is 22.7. The molecule has 3 aromatic rings. The van der Waals surface area contributed by atoms with Gasteiger partial charge in [-0.3, -0.25) is 14.2 Å². The predicted octanol–water partition coefficient (Wildman–Crippen LogP) is 3.73. The average Bonchev–Trinajstić information content (AvgIpc) is 3.34.